The molecule has 0 bridgehead atoms. The van der Waals surface area contributed by atoms with Gasteiger partial charge in [-0.1, -0.05) is 283 Å². The van der Waals surface area contributed by atoms with Crippen LogP contribution in [0.5, 0.6) is 0 Å². The Morgan fingerprint density at radius 2 is 0.519 bits per heavy atom. The van der Waals surface area contributed by atoms with Gasteiger partial charge in [-0.05, 0) is 122 Å². The van der Waals surface area contributed by atoms with Crippen LogP contribution in [0.4, 0.5) is 0 Å². The predicted molar refractivity (Wildman–Crippen MR) is 343 cm³/mol. The van der Waals surface area contributed by atoms with Gasteiger partial charge in [0.2, 0.25) is 0 Å². The number of ether oxygens (including phenoxy) is 3. The molecular formula is C73H120O6. The van der Waals surface area contributed by atoms with Gasteiger partial charge < -0.3 is 14.2 Å². The van der Waals surface area contributed by atoms with Crippen LogP contribution in [0.25, 0.3) is 0 Å². The van der Waals surface area contributed by atoms with Crippen LogP contribution < -0.4 is 0 Å². The van der Waals surface area contributed by atoms with Crippen molar-refractivity contribution >= 4 is 17.9 Å². The van der Waals surface area contributed by atoms with Gasteiger partial charge in [-0.15, -0.1) is 0 Å². The van der Waals surface area contributed by atoms with E-state index in [9.17, 15) is 14.4 Å². The van der Waals surface area contributed by atoms with E-state index in [-0.39, 0.29) is 44.0 Å². The number of hydrogen-bond donors (Lipinski definition) is 0. The summed E-state index contributed by atoms with van der Waals surface area (Å²) in [4.78, 5) is 38.3. The largest absolute Gasteiger partial charge is 0.462 e. The maximum Gasteiger partial charge on any atom is 0.306 e. The highest BCUT2D eigenvalue weighted by Crippen LogP contribution is 2.16. The lowest BCUT2D eigenvalue weighted by Crippen LogP contribution is -2.30. The molecule has 0 aliphatic carbocycles. The summed E-state index contributed by atoms with van der Waals surface area (Å²) in [6.45, 7) is 6.33. The molecule has 0 spiro atoms. The van der Waals surface area contributed by atoms with Crippen molar-refractivity contribution in [1.82, 2.24) is 0 Å². The molecule has 1 atom stereocenters. The second-order valence-corrected chi connectivity index (χ2v) is 21.3. The number of esters is 3. The second kappa shape index (κ2) is 66.1. The van der Waals surface area contributed by atoms with E-state index in [1.165, 1.54) is 122 Å². The first kappa shape index (κ1) is 74.5. The quantitative estimate of drug-likeness (QED) is 0.0261. The van der Waals surface area contributed by atoms with Crippen LogP contribution in [0.1, 0.15) is 290 Å². The third kappa shape index (κ3) is 64.3. The Balaban J connectivity index is 4.37. The van der Waals surface area contributed by atoms with E-state index in [2.05, 4.69) is 148 Å². The first-order chi connectivity index (χ1) is 39.0. The van der Waals surface area contributed by atoms with Crippen LogP contribution in [0.2, 0.25) is 0 Å². The number of allylic oxidation sites excluding steroid dienone is 22. The fourth-order valence-electron chi connectivity index (χ4n) is 8.81. The first-order valence-corrected chi connectivity index (χ1v) is 32.7. The van der Waals surface area contributed by atoms with Gasteiger partial charge in [0.25, 0.3) is 0 Å². The topological polar surface area (TPSA) is 78.9 Å². The summed E-state index contributed by atoms with van der Waals surface area (Å²) in [5.41, 5.74) is 0. The molecule has 0 aliphatic rings. The van der Waals surface area contributed by atoms with Gasteiger partial charge in [-0.3, -0.25) is 14.4 Å². The molecule has 0 fully saturated rings. The van der Waals surface area contributed by atoms with Crippen molar-refractivity contribution in [2.24, 2.45) is 0 Å². The van der Waals surface area contributed by atoms with Crippen molar-refractivity contribution in [3.05, 3.63) is 134 Å². The third-order valence-corrected chi connectivity index (χ3v) is 13.6. The van der Waals surface area contributed by atoms with Crippen LogP contribution in [0.3, 0.4) is 0 Å². The fraction of sp³-hybridized carbons (Fsp3) is 0.658. The van der Waals surface area contributed by atoms with Gasteiger partial charge >= 0.3 is 17.9 Å². The molecule has 1 unspecified atom stereocenters. The van der Waals surface area contributed by atoms with Crippen LogP contribution >= 0.6 is 0 Å². The maximum atomic E-state index is 12.9. The van der Waals surface area contributed by atoms with Crippen LogP contribution in [0.15, 0.2) is 134 Å². The minimum Gasteiger partial charge on any atom is -0.462 e. The highest BCUT2D eigenvalue weighted by atomic mass is 16.6. The molecule has 0 rings (SSSR count). The lowest BCUT2D eigenvalue weighted by atomic mass is 10.0. The van der Waals surface area contributed by atoms with E-state index in [0.29, 0.717) is 12.8 Å². The minimum atomic E-state index is -0.823. The normalized spacial score (nSPS) is 13.0. The Labute approximate surface area is 487 Å². The monoisotopic (exact) mass is 1090 g/mol. The average molecular weight is 1090 g/mol. The zero-order valence-corrected chi connectivity index (χ0v) is 51.3. The number of hydrogen-bond acceptors (Lipinski definition) is 6. The lowest BCUT2D eigenvalue weighted by molar-refractivity contribution is -0.166. The fourth-order valence-corrected chi connectivity index (χ4v) is 8.81. The molecule has 0 saturated heterocycles. The summed E-state index contributed by atoms with van der Waals surface area (Å²) in [5, 5.41) is 0. The van der Waals surface area contributed by atoms with E-state index in [1.807, 2.05) is 6.08 Å². The molecule has 0 heterocycles. The van der Waals surface area contributed by atoms with E-state index in [0.717, 1.165) is 122 Å². The van der Waals surface area contributed by atoms with Crippen molar-refractivity contribution in [1.29, 1.82) is 0 Å². The third-order valence-electron chi connectivity index (χ3n) is 13.6. The maximum absolute atomic E-state index is 12.9. The molecule has 0 N–H and O–H groups in total. The molecule has 0 amide bonds. The van der Waals surface area contributed by atoms with Crippen molar-refractivity contribution in [3.63, 3.8) is 0 Å². The van der Waals surface area contributed by atoms with Gasteiger partial charge in [0.1, 0.15) is 13.2 Å². The molecule has 448 valence electrons. The SMILES string of the molecule is CC/C=C\C/C=C\C/C=C\C/C=C\C/C=C\CCCCCCCC(=O)OC(COC(=O)CC/C=C\C/C=C\C/C=C\C/C=C\CC)COC(=O)CCCCCCCCCCCCCCCCC/C=C\C/C=C\CCCCCCC. The molecule has 0 radical (unpaired) electrons. The molecular weight excluding hydrogens is 973 g/mol. The second-order valence-electron chi connectivity index (χ2n) is 21.3. The molecule has 0 aromatic carbocycles. The Kier molecular flexibility index (Phi) is 62.3. The number of unbranched alkanes of at least 4 members (excludes halogenated alkanes) is 25. The van der Waals surface area contributed by atoms with Crippen molar-refractivity contribution < 1.29 is 28.6 Å². The molecule has 0 saturated carbocycles. The Morgan fingerprint density at radius 1 is 0.266 bits per heavy atom. The van der Waals surface area contributed by atoms with Gasteiger partial charge in [0.05, 0.1) is 0 Å². The van der Waals surface area contributed by atoms with Crippen molar-refractivity contribution in [2.75, 3.05) is 13.2 Å². The van der Waals surface area contributed by atoms with E-state index < -0.39 is 6.10 Å². The number of carbonyl (C=O) groups excluding carboxylic acids is 3. The molecule has 0 aromatic heterocycles. The smallest absolute Gasteiger partial charge is 0.306 e. The van der Waals surface area contributed by atoms with Gasteiger partial charge in [-0.2, -0.15) is 0 Å². The summed E-state index contributed by atoms with van der Waals surface area (Å²) in [7, 11) is 0. The number of carbonyl (C=O) groups is 3. The van der Waals surface area contributed by atoms with Gasteiger partial charge in [0, 0.05) is 19.3 Å². The highest BCUT2D eigenvalue weighted by Gasteiger charge is 2.19. The van der Waals surface area contributed by atoms with Crippen LogP contribution in [-0.2, 0) is 28.6 Å². The molecule has 79 heavy (non-hydrogen) atoms. The molecule has 6 heteroatoms. The average Bonchev–Trinajstić information content (AvgIpc) is 3.45. The van der Waals surface area contributed by atoms with E-state index >= 15 is 0 Å². The van der Waals surface area contributed by atoms with Crippen molar-refractivity contribution in [2.45, 2.75) is 297 Å². The Hall–Kier alpha value is -4.45. The van der Waals surface area contributed by atoms with E-state index in [1.54, 1.807) is 0 Å². The predicted octanol–water partition coefficient (Wildman–Crippen LogP) is 22.5. The summed E-state index contributed by atoms with van der Waals surface area (Å²) in [6, 6.07) is 0. The Bertz CT molecular complexity index is 1680. The summed E-state index contributed by atoms with van der Waals surface area (Å²) in [6.07, 6.45) is 93.4. The first-order valence-electron chi connectivity index (χ1n) is 32.7. The van der Waals surface area contributed by atoms with E-state index in [4.69, 9.17) is 14.2 Å². The van der Waals surface area contributed by atoms with Crippen LogP contribution in [-0.4, -0.2) is 37.2 Å². The Morgan fingerprint density at radius 3 is 0.848 bits per heavy atom. The molecule has 6 nitrogen and oxygen atoms in total. The van der Waals surface area contributed by atoms with Crippen molar-refractivity contribution in [3.8, 4) is 0 Å². The van der Waals surface area contributed by atoms with Crippen LogP contribution in [0, 0.1) is 0 Å². The zero-order valence-electron chi connectivity index (χ0n) is 51.3. The number of rotatable bonds is 58. The molecule has 0 aliphatic heterocycles. The summed E-state index contributed by atoms with van der Waals surface area (Å²) < 4.78 is 16.8. The standard InChI is InChI=1S/C73H120O6/c1-4-7-10-13-16-19-22-25-27-29-31-33-34-35-36-37-38-40-41-43-45-48-51-54-57-60-63-66-72(75)78-69-70(68-77-71(74)65-62-59-56-53-50-47-24-21-18-15-12-9-6-3)79-73(76)67-64-61-58-55-52-49-46-44-42-39-32-30-28-26-23-20-17-14-11-8-5-2/h8-9,11-12,17-18,20-22,25-26,28-29,31-32,39,44,46-47,50,56,59,70H,4-7,10,13-16,19,23-24,27,30,33-38,40-43,45,48-49,51-55,57-58,60-69H2,1-3H3/b11-8-,12-9-,20-17-,21-18-,25-22-,28-26-,31-29-,39-32-,46-44-,50-47-,59-56-. The van der Waals surface area contributed by atoms with Gasteiger partial charge in [0.15, 0.2) is 6.10 Å². The summed E-state index contributed by atoms with van der Waals surface area (Å²) in [5.74, 6) is -1.01. The molecule has 0 aromatic rings. The zero-order chi connectivity index (χ0) is 57.1. The highest BCUT2D eigenvalue weighted by molar-refractivity contribution is 5.71. The van der Waals surface area contributed by atoms with Gasteiger partial charge in [-0.25, -0.2) is 0 Å². The lowest BCUT2D eigenvalue weighted by Gasteiger charge is -2.18. The summed E-state index contributed by atoms with van der Waals surface area (Å²) >= 11 is 0. The minimum absolute atomic E-state index is 0.111.